The van der Waals surface area contributed by atoms with Crippen molar-refractivity contribution in [1.29, 1.82) is 5.26 Å². The zero-order valence-electron chi connectivity index (χ0n) is 18.1. The lowest BCUT2D eigenvalue weighted by Crippen LogP contribution is -2.51. The third-order valence-corrected chi connectivity index (χ3v) is 7.81. The summed E-state index contributed by atoms with van der Waals surface area (Å²) >= 11 is 1.62. The Labute approximate surface area is 188 Å². The molecule has 5 rings (SSSR count). The van der Waals surface area contributed by atoms with Crippen molar-refractivity contribution in [2.75, 3.05) is 32.7 Å². The quantitative estimate of drug-likeness (QED) is 0.627. The van der Waals surface area contributed by atoms with E-state index in [0.717, 1.165) is 35.4 Å². The molecular weight excluding hydrogens is 408 g/mol. The average molecular weight is 439 g/mol. The second-order valence-corrected chi connectivity index (χ2v) is 10.2. The summed E-state index contributed by atoms with van der Waals surface area (Å²) in [6.07, 6.45) is 3.56. The lowest BCUT2D eigenvalue weighted by molar-refractivity contribution is -0.134. The second-order valence-electron chi connectivity index (χ2n) is 9.22. The summed E-state index contributed by atoms with van der Waals surface area (Å²) in [6, 6.07) is 10.9. The van der Waals surface area contributed by atoms with Crippen LogP contribution in [-0.4, -0.2) is 59.4 Å². The van der Waals surface area contributed by atoms with Gasteiger partial charge in [-0.25, -0.2) is 0 Å². The number of carbonyl (C=O) groups excluding carboxylic acids is 1. The van der Waals surface area contributed by atoms with E-state index in [1.807, 2.05) is 22.4 Å². The van der Waals surface area contributed by atoms with Crippen molar-refractivity contribution in [1.82, 2.24) is 14.7 Å². The number of hydrogen-bond donors (Lipinski definition) is 0. The van der Waals surface area contributed by atoms with Gasteiger partial charge in [0, 0.05) is 43.0 Å². The van der Waals surface area contributed by atoms with Crippen molar-refractivity contribution >= 4 is 17.2 Å². The molecule has 0 bridgehead atoms. The van der Waals surface area contributed by atoms with Gasteiger partial charge < -0.3 is 9.32 Å². The highest BCUT2D eigenvalue weighted by atomic mass is 32.1. The third-order valence-electron chi connectivity index (χ3n) is 6.88. The summed E-state index contributed by atoms with van der Waals surface area (Å²) in [5.41, 5.74) is 0. The zero-order valence-corrected chi connectivity index (χ0v) is 18.9. The van der Waals surface area contributed by atoms with Gasteiger partial charge >= 0.3 is 0 Å². The normalized spacial score (nSPS) is 24.9. The number of carbonyl (C=O) groups is 1. The summed E-state index contributed by atoms with van der Waals surface area (Å²) < 4.78 is 6.10. The molecule has 6 nitrogen and oxygen atoms in total. The number of thiophene rings is 1. The third kappa shape index (κ3) is 4.72. The van der Waals surface area contributed by atoms with Gasteiger partial charge in [-0.2, -0.15) is 5.26 Å². The molecular formula is C24H30N4O2S. The molecule has 2 saturated carbocycles. The molecule has 1 saturated heterocycles. The van der Waals surface area contributed by atoms with Crippen LogP contribution < -0.4 is 0 Å². The predicted molar refractivity (Wildman–Crippen MR) is 119 cm³/mol. The van der Waals surface area contributed by atoms with Crippen LogP contribution in [0.5, 0.6) is 0 Å². The van der Waals surface area contributed by atoms with Crippen molar-refractivity contribution < 1.29 is 9.21 Å². The van der Waals surface area contributed by atoms with Gasteiger partial charge in [-0.15, -0.1) is 11.3 Å². The van der Waals surface area contributed by atoms with Crippen molar-refractivity contribution in [3.63, 3.8) is 0 Å². The van der Waals surface area contributed by atoms with E-state index in [4.69, 9.17) is 4.42 Å². The summed E-state index contributed by atoms with van der Waals surface area (Å²) in [6.45, 7) is 6.29. The first-order chi connectivity index (χ1) is 15.1. The molecule has 0 aromatic carbocycles. The molecule has 0 radical (unpaired) electrons. The standard InChI is InChI=1S/C24H30N4O2S/c1-17-13-20(17)22-7-6-19(30-22)15-28(18-4-5-18)16-24(29)27-10-8-26(9-11-27)21(14-25)23-3-2-12-31-23/h2-3,6-7,12,17-18,20-21H,4-5,8-11,13,15-16H2,1H3/t17-,20-,21-/m1/s1. The van der Waals surface area contributed by atoms with Gasteiger partial charge in [0.1, 0.15) is 17.6 Å². The molecule has 1 amide bonds. The van der Waals surface area contributed by atoms with E-state index in [1.54, 1.807) is 11.3 Å². The van der Waals surface area contributed by atoms with Crippen molar-refractivity contribution in [2.24, 2.45) is 5.92 Å². The van der Waals surface area contributed by atoms with Crippen molar-refractivity contribution in [2.45, 2.75) is 50.7 Å². The second kappa shape index (κ2) is 8.78. The molecule has 3 heterocycles. The monoisotopic (exact) mass is 438 g/mol. The zero-order chi connectivity index (χ0) is 21.4. The molecule has 31 heavy (non-hydrogen) atoms. The van der Waals surface area contributed by atoms with Crippen LogP contribution in [0.15, 0.2) is 34.1 Å². The summed E-state index contributed by atoms with van der Waals surface area (Å²) in [4.78, 5) is 20.6. The minimum Gasteiger partial charge on any atom is -0.464 e. The largest absolute Gasteiger partial charge is 0.464 e. The van der Waals surface area contributed by atoms with Crippen LogP contribution in [-0.2, 0) is 11.3 Å². The van der Waals surface area contributed by atoms with Crippen molar-refractivity contribution in [3.05, 3.63) is 46.0 Å². The summed E-state index contributed by atoms with van der Waals surface area (Å²) in [5, 5.41) is 11.6. The first kappa shape index (κ1) is 20.7. The van der Waals surface area contributed by atoms with Crippen LogP contribution in [0.1, 0.15) is 54.5 Å². The molecule has 3 fully saturated rings. The molecule has 2 aliphatic carbocycles. The number of furan rings is 1. The highest BCUT2D eigenvalue weighted by molar-refractivity contribution is 7.10. The number of rotatable bonds is 8. The number of hydrogen-bond acceptors (Lipinski definition) is 6. The molecule has 164 valence electrons. The van der Waals surface area contributed by atoms with E-state index in [-0.39, 0.29) is 11.9 Å². The van der Waals surface area contributed by atoms with Crippen LogP contribution in [0.25, 0.3) is 0 Å². The van der Waals surface area contributed by atoms with Crippen LogP contribution in [0.2, 0.25) is 0 Å². The van der Waals surface area contributed by atoms with Gasteiger partial charge in [0.05, 0.1) is 19.2 Å². The lowest BCUT2D eigenvalue weighted by atomic mass is 10.2. The molecule has 3 atom stereocenters. The van der Waals surface area contributed by atoms with Crippen LogP contribution >= 0.6 is 11.3 Å². The Morgan fingerprint density at radius 1 is 1.29 bits per heavy atom. The van der Waals surface area contributed by atoms with Crippen LogP contribution in [0.3, 0.4) is 0 Å². The topological polar surface area (TPSA) is 63.7 Å². The summed E-state index contributed by atoms with van der Waals surface area (Å²) in [5.74, 6) is 3.61. The van der Waals surface area contributed by atoms with Gasteiger partial charge in [0.15, 0.2) is 0 Å². The fourth-order valence-corrected chi connectivity index (χ4v) is 5.43. The molecule has 2 aromatic rings. The smallest absolute Gasteiger partial charge is 0.236 e. The predicted octanol–water partition coefficient (Wildman–Crippen LogP) is 3.84. The van der Waals surface area contributed by atoms with E-state index >= 15 is 0 Å². The Morgan fingerprint density at radius 2 is 2.06 bits per heavy atom. The van der Waals surface area contributed by atoms with Gasteiger partial charge in [-0.1, -0.05) is 13.0 Å². The van der Waals surface area contributed by atoms with Crippen LogP contribution in [0, 0.1) is 17.2 Å². The average Bonchev–Trinajstić information content (AvgIpc) is 3.64. The number of nitriles is 1. The maximum atomic E-state index is 13.0. The van der Waals surface area contributed by atoms with Gasteiger partial charge in [0.2, 0.25) is 5.91 Å². The lowest BCUT2D eigenvalue weighted by Gasteiger charge is -2.37. The fraction of sp³-hybridized carbons (Fsp3) is 0.583. The Kier molecular flexibility index (Phi) is 5.87. The molecule has 1 aliphatic heterocycles. The minimum atomic E-state index is -0.206. The first-order valence-electron chi connectivity index (χ1n) is 11.4. The maximum Gasteiger partial charge on any atom is 0.236 e. The Bertz CT molecular complexity index is 937. The van der Waals surface area contributed by atoms with E-state index in [2.05, 4.69) is 34.9 Å². The van der Waals surface area contributed by atoms with Crippen LogP contribution in [0.4, 0.5) is 0 Å². The van der Waals surface area contributed by atoms with E-state index in [0.29, 0.717) is 38.1 Å². The molecule has 0 unspecified atom stereocenters. The van der Waals surface area contributed by atoms with E-state index in [9.17, 15) is 10.1 Å². The summed E-state index contributed by atoms with van der Waals surface area (Å²) in [7, 11) is 0. The molecule has 2 aromatic heterocycles. The fourth-order valence-electron chi connectivity index (χ4n) is 4.63. The number of piperazine rings is 1. The molecule has 3 aliphatic rings. The Morgan fingerprint density at radius 3 is 2.68 bits per heavy atom. The number of amides is 1. The first-order valence-corrected chi connectivity index (χ1v) is 12.3. The SMILES string of the molecule is C[C@@H]1C[C@H]1c1ccc(CN(CC(=O)N2CCN([C@H](C#N)c3cccs3)CC2)C2CC2)o1. The van der Waals surface area contributed by atoms with E-state index < -0.39 is 0 Å². The minimum absolute atomic E-state index is 0.193. The van der Waals surface area contributed by atoms with Gasteiger partial charge in [-0.3, -0.25) is 14.6 Å². The maximum absolute atomic E-state index is 13.0. The molecule has 0 spiro atoms. The van der Waals surface area contributed by atoms with Gasteiger partial charge in [0.25, 0.3) is 0 Å². The Balaban J connectivity index is 1.15. The number of nitrogens with zero attached hydrogens (tertiary/aromatic N) is 4. The molecule has 0 N–H and O–H groups in total. The van der Waals surface area contributed by atoms with Gasteiger partial charge in [-0.05, 0) is 48.8 Å². The van der Waals surface area contributed by atoms with Crippen molar-refractivity contribution in [3.8, 4) is 6.07 Å². The Hall–Kier alpha value is -2.14. The molecule has 7 heteroatoms. The highest BCUT2D eigenvalue weighted by Crippen LogP contribution is 2.47. The van der Waals surface area contributed by atoms with E-state index in [1.165, 1.54) is 19.3 Å². The highest BCUT2D eigenvalue weighted by Gasteiger charge is 2.37.